The number of carbonyl (C=O) groups excluding carboxylic acids is 3. The van der Waals surface area contributed by atoms with Crippen molar-refractivity contribution in [3.63, 3.8) is 0 Å². The Balaban J connectivity index is 2.02. The molecule has 0 radical (unpaired) electrons. The van der Waals surface area contributed by atoms with Crippen molar-refractivity contribution in [3.05, 3.63) is 85.1 Å². The zero-order chi connectivity index (χ0) is 29.1. The highest BCUT2D eigenvalue weighted by atomic mass is 16.5. The molecule has 6 nitrogen and oxygen atoms in total. The Morgan fingerprint density at radius 3 is 1.70 bits per heavy atom. The van der Waals surface area contributed by atoms with E-state index >= 15 is 0 Å². The van der Waals surface area contributed by atoms with E-state index in [1.54, 1.807) is 0 Å². The van der Waals surface area contributed by atoms with Crippen LogP contribution in [0, 0.1) is 5.92 Å². The van der Waals surface area contributed by atoms with E-state index in [1.165, 1.54) is 13.2 Å². The van der Waals surface area contributed by atoms with Gasteiger partial charge in [0.2, 0.25) is 11.8 Å². The second-order valence-corrected chi connectivity index (χ2v) is 9.84. The van der Waals surface area contributed by atoms with E-state index < -0.39 is 5.97 Å². The van der Waals surface area contributed by atoms with Gasteiger partial charge in [-0.2, -0.15) is 0 Å². The monoisotopic (exact) mass is 550 g/mol. The van der Waals surface area contributed by atoms with E-state index in [9.17, 15) is 14.4 Å². The van der Waals surface area contributed by atoms with Gasteiger partial charge >= 0.3 is 5.97 Å². The van der Waals surface area contributed by atoms with Gasteiger partial charge in [0.1, 0.15) is 0 Å². The third-order valence-electron chi connectivity index (χ3n) is 6.49. The summed E-state index contributed by atoms with van der Waals surface area (Å²) >= 11 is 0. The lowest BCUT2D eigenvalue weighted by atomic mass is 9.86. The molecule has 40 heavy (non-hydrogen) atoms. The molecule has 1 fully saturated rings. The molecular weight excluding hydrogens is 500 g/mol. The number of nitrogens with one attached hydrogen (secondary N) is 2. The van der Waals surface area contributed by atoms with Crippen molar-refractivity contribution in [1.29, 1.82) is 0 Å². The molecule has 2 amide bonds. The summed E-state index contributed by atoms with van der Waals surface area (Å²) in [6.45, 7) is 2.83. The zero-order valence-electron chi connectivity index (χ0n) is 24.6. The minimum atomic E-state index is -0.546. The molecule has 0 atom stereocenters. The van der Waals surface area contributed by atoms with Crippen LogP contribution in [0.15, 0.2) is 85.1 Å². The maximum absolute atomic E-state index is 12.2. The Morgan fingerprint density at radius 2 is 1.20 bits per heavy atom. The Kier molecular flexibility index (Phi) is 21.3. The van der Waals surface area contributed by atoms with E-state index in [2.05, 4.69) is 95.2 Å². The first kappa shape index (κ1) is 34.6. The third kappa shape index (κ3) is 20.5. The summed E-state index contributed by atoms with van der Waals surface area (Å²) in [7, 11) is 1.27. The highest BCUT2D eigenvalue weighted by Crippen LogP contribution is 2.23. The van der Waals surface area contributed by atoms with Gasteiger partial charge in [0.25, 0.3) is 0 Å². The molecule has 0 aromatic carbocycles. The maximum atomic E-state index is 12.2. The van der Waals surface area contributed by atoms with Crippen molar-refractivity contribution in [2.75, 3.05) is 13.7 Å². The second kappa shape index (κ2) is 24.6. The summed E-state index contributed by atoms with van der Waals surface area (Å²) in [4.78, 5) is 35.1. The van der Waals surface area contributed by atoms with Crippen LogP contribution in [0.2, 0.25) is 0 Å². The van der Waals surface area contributed by atoms with Crippen LogP contribution >= 0.6 is 0 Å². The lowest BCUT2D eigenvalue weighted by molar-refractivity contribution is -0.135. The SMILES string of the molecule is CC/C=C\C/C=C\C/C=C\C/C=C\C/C=C\C/C=C\CCC(=O)NCC1CCC(NC(=O)/C=C/C(=O)OC)CC1. The molecular formula is C34H50N2O4. The smallest absolute Gasteiger partial charge is 0.330 e. The van der Waals surface area contributed by atoms with Gasteiger partial charge in [0.15, 0.2) is 0 Å². The van der Waals surface area contributed by atoms with Gasteiger partial charge < -0.3 is 15.4 Å². The fourth-order valence-corrected chi connectivity index (χ4v) is 4.17. The molecule has 1 aliphatic rings. The Morgan fingerprint density at radius 1 is 0.700 bits per heavy atom. The van der Waals surface area contributed by atoms with Crippen molar-refractivity contribution in [1.82, 2.24) is 10.6 Å². The molecule has 0 heterocycles. The molecule has 0 aliphatic heterocycles. The van der Waals surface area contributed by atoms with Crippen molar-refractivity contribution in [2.24, 2.45) is 5.92 Å². The summed E-state index contributed by atoms with van der Waals surface area (Å²) < 4.78 is 4.48. The number of allylic oxidation sites excluding steroid dienone is 12. The lowest BCUT2D eigenvalue weighted by Gasteiger charge is -2.28. The molecule has 2 N–H and O–H groups in total. The molecule has 0 aromatic heterocycles. The number of rotatable bonds is 19. The van der Waals surface area contributed by atoms with Crippen LogP contribution in [0.5, 0.6) is 0 Å². The summed E-state index contributed by atoms with van der Waals surface area (Å²) in [5.41, 5.74) is 0. The average molecular weight is 551 g/mol. The Labute approximate surface area is 242 Å². The predicted molar refractivity (Wildman–Crippen MR) is 166 cm³/mol. The van der Waals surface area contributed by atoms with Gasteiger partial charge in [-0.05, 0) is 76.5 Å². The normalized spacial score (nSPS) is 18.4. The van der Waals surface area contributed by atoms with Gasteiger partial charge in [-0.25, -0.2) is 4.79 Å². The second-order valence-electron chi connectivity index (χ2n) is 9.84. The number of esters is 1. The van der Waals surface area contributed by atoms with Crippen LogP contribution < -0.4 is 10.6 Å². The van der Waals surface area contributed by atoms with E-state index in [0.29, 0.717) is 18.9 Å². The number of carbonyl (C=O) groups is 3. The topological polar surface area (TPSA) is 84.5 Å². The number of ether oxygens (including phenoxy) is 1. The largest absolute Gasteiger partial charge is 0.466 e. The number of methoxy groups -OCH3 is 1. The molecule has 0 unspecified atom stereocenters. The fraction of sp³-hybridized carbons (Fsp3) is 0.500. The van der Waals surface area contributed by atoms with E-state index in [4.69, 9.17) is 0 Å². The number of amides is 2. The van der Waals surface area contributed by atoms with Gasteiger partial charge in [0.05, 0.1) is 7.11 Å². The Bertz CT molecular complexity index is 916. The molecule has 1 saturated carbocycles. The summed E-state index contributed by atoms with van der Waals surface area (Å²) in [5.74, 6) is -0.302. The molecule has 1 aliphatic carbocycles. The quantitative estimate of drug-likeness (QED) is 0.103. The maximum Gasteiger partial charge on any atom is 0.330 e. The summed E-state index contributed by atoms with van der Waals surface area (Å²) in [6.07, 6.45) is 39.2. The highest BCUT2D eigenvalue weighted by molar-refractivity contribution is 5.94. The molecule has 0 saturated heterocycles. The Hall–Kier alpha value is -3.41. The molecule has 0 spiro atoms. The van der Waals surface area contributed by atoms with Crippen molar-refractivity contribution >= 4 is 17.8 Å². The first-order valence-electron chi connectivity index (χ1n) is 14.8. The molecule has 1 rings (SSSR count). The van der Waals surface area contributed by atoms with Crippen LogP contribution in [0.3, 0.4) is 0 Å². The minimum Gasteiger partial charge on any atom is -0.466 e. The predicted octanol–water partition coefficient (Wildman–Crippen LogP) is 6.98. The molecule has 220 valence electrons. The van der Waals surface area contributed by atoms with Crippen LogP contribution in [0.1, 0.15) is 84.0 Å². The summed E-state index contributed by atoms with van der Waals surface area (Å²) in [5, 5.41) is 5.97. The lowest BCUT2D eigenvalue weighted by Crippen LogP contribution is -2.39. The number of hydrogen-bond donors (Lipinski definition) is 2. The fourth-order valence-electron chi connectivity index (χ4n) is 4.17. The zero-order valence-corrected chi connectivity index (χ0v) is 24.6. The van der Waals surface area contributed by atoms with Crippen molar-refractivity contribution in [2.45, 2.75) is 90.0 Å². The van der Waals surface area contributed by atoms with E-state index in [-0.39, 0.29) is 17.9 Å². The molecule has 6 heteroatoms. The first-order chi connectivity index (χ1) is 19.5. The highest BCUT2D eigenvalue weighted by Gasteiger charge is 2.22. The molecule has 0 aromatic rings. The third-order valence-corrected chi connectivity index (χ3v) is 6.49. The van der Waals surface area contributed by atoms with Gasteiger partial charge in [-0.3, -0.25) is 9.59 Å². The van der Waals surface area contributed by atoms with Crippen LogP contribution in [0.4, 0.5) is 0 Å². The van der Waals surface area contributed by atoms with Gasteiger partial charge in [-0.1, -0.05) is 79.8 Å². The van der Waals surface area contributed by atoms with Crippen LogP contribution in [-0.2, 0) is 19.1 Å². The van der Waals surface area contributed by atoms with Gasteiger partial charge in [-0.15, -0.1) is 0 Å². The first-order valence-corrected chi connectivity index (χ1v) is 14.8. The van der Waals surface area contributed by atoms with Crippen LogP contribution in [0.25, 0.3) is 0 Å². The van der Waals surface area contributed by atoms with E-state index in [0.717, 1.165) is 76.7 Å². The van der Waals surface area contributed by atoms with Gasteiger partial charge in [0, 0.05) is 31.2 Å². The number of hydrogen-bond acceptors (Lipinski definition) is 4. The van der Waals surface area contributed by atoms with Crippen molar-refractivity contribution < 1.29 is 19.1 Å². The van der Waals surface area contributed by atoms with E-state index in [1.807, 2.05) is 0 Å². The standard InChI is InChI=1S/C34H50N2O4/c1-3-4-5-6-7-8-9-10-11-12-13-14-15-16-17-18-19-20-21-22-32(37)35-29-30-23-25-31(26-24-30)36-33(38)27-28-34(39)40-2/h4-5,7-8,10-11,13-14,16-17,19-20,27-28,30-31H,3,6,9,12,15,18,21-26,29H2,1-2H3,(H,35,37)(H,36,38)/b5-4-,8-7-,11-10-,14-13-,17-16-,20-19-,28-27+. The molecule has 0 bridgehead atoms. The van der Waals surface area contributed by atoms with Crippen molar-refractivity contribution in [3.8, 4) is 0 Å². The van der Waals surface area contributed by atoms with Crippen LogP contribution in [-0.4, -0.2) is 37.5 Å². The minimum absolute atomic E-state index is 0.0860. The summed E-state index contributed by atoms with van der Waals surface area (Å²) in [6, 6.07) is 0.106. The average Bonchev–Trinajstić information content (AvgIpc) is 2.96.